The first-order valence-corrected chi connectivity index (χ1v) is 6.05. The highest BCUT2D eigenvalue weighted by atomic mass is 16.5. The molecular weight excluding hydrogens is 252 g/mol. The van der Waals surface area contributed by atoms with Crippen molar-refractivity contribution in [2.24, 2.45) is 5.92 Å². The largest absolute Gasteiger partial charge is 0.465 e. The molecule has 3 atom stereocenters. The number of carbonyl (C=O) groups is 3. The molecule has 19 heavy (non-hydrogen) atoms. The summed E-state index contributed by atoms with van der Waals surface area (Å²) in [5.41, 5.74) is -0.180. The van der Waals surface area contributed by atoms with Crippen LogP contribution in [-0.4, -0.2) is 47.2 Å². The molecule has 1 aliphatic heterocycles. The van der Waals surface area contributed by atoms with Gasteiger partial charge >= 0.3 is 12.1 Å². The van der Waals surface area contributed by atoms with Crippen LogP contribution in [0.2, 0.25) is 0 Å². The van der Waals surface area contributed by atoms with Crippen molar-refractivity contribution < 1.29 is 24.2 Å². The second-order valence-corrected chi connectivity index (χ2v) is 4.82. The number of hydrogen-bond donors (Lipinski definition) is 2. The summed E-state index contributed by atoms with van der Waals surface area (Å²) < 4.78 is 4.43. The lowest BCUT2D eigenvalue weighted by atomic mass is 9.98. The minimum absolute atomic E-state index is 0.0200. The normalized spacial score (nSPS) is 28.1. The number of nitrogens with zero attached hydrogens (tertiary/aromatic N) is 1. The highest BCUT2D eigenvalue weighted by Crippen LogP contribution is 2.42. The standard InChI is InChI=1S/C12H16N2O5/c1-6(11(16)19-2)13-10(15)9-7-3-4-8(5-7)14(9)12(17)18/h7-9H,1,3-5H2,2H3,(H,13,15)(H,17,18)/t7-,8+,9-/m0/s1. The van der Waals surface area contributed by atoms with Crippen LogP contribution in [0.5, 0.6) is 0 Å². The number of hydrogen-bond acceptors (Lipinski definition) is 4. The predicted molar refractivity (Wildman–Crippen MR) is 64.1 cm³/mol. The Bertz CT molecular complexity index is 447. The first-order valence-electron chi connectivity index (χ1n) is 6.05. The van der Waals surface area contributed by atoms with Crippen LogP contribution < -0.4 is 5.32 Å². The molecule has 7 heteroatoms. The maximum atomic E-state index is 12.1. The van der Waals surface area contributed by atoms with E-state index in [1.54, 1.807) is 0 Å². The monoisotopic (exact) mass is 268 g/mol. The molecule has 104 valence electrons. The Labute approximate surface area is 110 Å². The van der Waals surface area contributed by atoms with Crippen molar-refractivity contribution in [1.29, 1.82) is 0 Å². The van der Waals surface area contributed by atoms with Crippen LogP contribution in [0.1, 0.15) is 19.3 Å². The topological polar surface area (TPSA) is 95.9 Å². The summed E-state index contributed by atoms with van der Waals surface area (Å²) in [6.07, 6.45) is 1.22. The van der Waals surface area contributed by atoms with Crippen molar-refractivity contribution in [2.45, 2.75) is 31.3 Å². The molecule has 1 aliphatic carbocycles. The van der Waals surface area contributed by atoms with E-state index in [2.05, 4.69) is 16.6 Å². The fourth-order valence-electron chi connectivity index (χ4n) is 3.00. The molecule has 1 saturated heterocycles. The third-order valence-electron chi connectivity index (χ3n) is 3.78. The third kappa shape index (κ3) is 2.27. The molecule has 0 radical (unpaired) electrons. The number of methoxy groups -OCH3 is 1. The highest BCUT2D eigenvalue weighted by Gasteiger charge is 2.51. The Morgan fingerprint density at radius 2 is 2.05 bits per heavy atom. The van der Waals surface area contributed by atoms with Gasteiger partial charge in [-0.1, -0.05) is 6.58 Å². The maximum Gasteiger partial charge on any atom is 0.408 e. The molecule has 2 N–H and O–H groups in total. The van der Waals surface area contributed by atoms with Crippen LogP contribution in [0.25, 0.3) is 0 Å². The molecule has 1 saturated carbocycles. The van der Waals surface area contributed by atoms with Crippen molar-refractivity contribution in [2.75, 3.05) is 7.11 Å². The van der Waals surface area contributed by atoms with Gasteiger partial charge in [-0.15, -0.1) is 0 Å². The van der Waals surface area contributed by atoms with Gasteiger partial charge in [-0.05, 0) is 25.2 Å². The molecule has 2 aliphatic rings. The third-order valence-corrected chi connectivity index (χ3v) is 3.78. The Hall–Kier alpha value is -2.05. The van der Waals surface area contributed by atoms with Crippen LogP contribution in [0.3, 0.4) is 0 Å². The van der Waals surface area contributed by atoms with Crippen LogP contribution >= 0.6 is 0 Å². The lowest BCUT2D eigenvalue weighted by molar-refractivity contribution is -0.138. The molecule has 1 heterocycles. The molecule has 0 aromatic rings. The number of nitrogens with one attached hydrogen (secondary N) is 1. The fourth-order valence-corrected chi connectivity index (χ4v) is 3.00. The molecule has 0 spiro atoms. The minimum atomic E-state index is -1.10. The first-order chi connectivity index (χ1) is 8.95. The molecule has 0 unspecified atom stereocenters. The summed E-state index contributed by atoms with van der Waals surface area (Å²) in [5.74, 6) is -1.23. The van der Waals surface area contributed by atoms with Gasteiger partial charge in [0.1, 0.15) is 11.7 Å². The number of likely N-dealkylation sites (tertiary alicyclic amines) is 1. The van der Waals surface area contributed by atoms with Gasteiger partial charge in [0.25, 0.3) is 0 Å². The summed E-state index contributed by atoms with van der Waals surface area (Å²) in [6, 6.07) is -0.831. The Balaban J connectivity index is 2.08. The van der Waals surface area contributed by atoms with Gasteiger partial charge in [-0.2, -0.15) is 0 Å². The van der Waals surface area contributed by atoms with E-state index in [4.69, 9.17) is 0 Å². The lowest BCUT2D eigenvalue weighted by Crippen LogP contribution is -2.52. The molecule has 2 amide bonds. The summed E-state index contributed by atoms with van der Waals surface area (Å²) in [4.78, 5) is 35.7. The summed E-state index contributed by atoms with van der Waals surface area (Å²) in [7, 11) is 1.18. The van der Waals surface area contributed by atoms with E-state index in [9.17, 15) is 19.5 Å². The Morgan fingerprint density at radius 1 is 1.37 bits per heavy atom. The van der Waals surface area contributed by atoms with Crippen molar-refractivity contribution in [3.8, 4) is 0 Å². The second kappa shape index (κ2) is 4.91. The van der Waals surface area contributed by atoms with Gasteiger partial charge in [-0.3, -0.25) is 9.69 Å². The molecule has 2 rings (SSSR count). The second-order valence-electron chi connectivity index (χ2n) is 4.82. The van der Waals surface area contributed by atoms with Gasteiger partial charge in [0.05, 0.1) is 7.11 Å². The molecular formula is C12H16N2O5. The number of rotatable bonds is 3. The molecule has 7 nitrogen and oxygen atoms in total. The van der Waals surface area contributed by atoms with Gasteiger partial charge in [0, 0.05) is 6.04 Å². The SMILES string of the molecule is C=C(NC(=O)[C@@H]1[C@H]2CC[C@H](C2)N1C(=O)O)C(=O)OC. The van der Waals surface area contributed by atoms with Gasteiger partial charge in [0.2, 0.25) is 5.91 Å². The highest BCUT2D eigenvalue weighted by molar-refractivity contribution is 5.96. The van der Waals surface area contributed by atoms with Gasteiger partial charge in [0.15, 0.2) is 0 Å². The van der Waals surface area contributed by atoms with Crippen molar-refractivity contribution in [3.63, 3.8) is 0 Å². The van der Waals surface area contributed by atoms with E-state index in [1.807, 2.05) is 0 Å². The minimum Gasteiger partial charge on any atom is -0.465 e. The number of esters is 1. The van der Waals surface area contributed by atoms with Crippen molar-refractivity contribution in [1.82, 2.24) is 10.2 Å². The zero-order valence-electron chi connectivity index (χ0n) is 10.6. The number of carbonyl (C=O) groups excluding carboxylic acids is 2. The number of amides is 2. The number of ether oxygens (including phenoxy) is 1. The fraction of sp³-hybridized carbons (Fsp3) is 0.583. The Kier molecular flexibility index (Phi) is 3.46. The zero-order valence-corrected chi connectivity index (χ0v) is 10.6. The van der Waals surface area contributed by atoms with E-state index in [0.717, 1.165) is 12.8 Å². The van der Waals surface area contributed by atoms with Crippen LogP contribution in [0, 0.1) is 5.92 Å². The van der Waals surface area contributed by atoms with E-state index in [0.29, 0.717) is 6.42 Å². The number of fused-ring (bicyclic) bond motifs is 2. The quantitative estimate of drug-likeness (QED) is 0.567. The number of carboxylic acid groups (broad SMARTS) is 1. The summed E-state index contributed by atoms with van der Waals surface area (Å²) in [6.45, 7) is 3.40. The number of piperidine rings is 1. The Morgan fingerprint density at radius 3 is 2.63 bits per heavy atom. The van der Waals surface area contributed by atoms with Crippen molar-refractivity contribution >= 4 is 18.0 Å². The van der Waals surface area contributed by atoms with Crippen LogP contribution in [0.15, 0.2) is 12.3 Å². The maximum absolute atomic E-state index is 12.1. The predicted octanol–water partition coefficient (Wildman–Crippen LogP) is 0.320. The average Bonchev–Trinajstić information content (AvgIpc) is 2.97. The summed E-state index contributed by atoms with van der Waals surface area (Å²) >= 11 is 0. The van der Waals surface area contributed by atoms with E-state index >= 15 is 0 Å². The smallest absolute Gasteiger partial charge is 0.408 e. The lowest BCUT2D eigenvalue weighted by Gasteiger charge is -2.31. The van der Waals surface area contributed by atoms with E-state index in [-0.39, 0.29) is 17.7 Å². The average molecular weight is 268 g/mol. The van der Waals surface area contributed by atoms with E-state index < -0.39 is 24.0 Å². The molecule has 2 bridgehead atoms. The van der Waals surface area contributed by atoms with Crippen LogP contribution in [0.4, 0.5) is 4.79 Å². The first kappa shape index (κ1) is 13.4. The van der Waals surface area contributed by atoms with Crippen LogP contribution in [-0.2, 0) is 14.3 Å². The molecule has 2 fully saturated rings. The molecule has 0 aromatic heterocycles. The van der Waals surface area contributed by atoms with Gasteiger partial charge < -0.3 is 15.2 Å². The van der Waals surface area contributed by atoms with E-state index in [1.165, 1.54) is 12.0 Å². The van der Waals surface area contributed by atoms with Crippen molar-refractivity contribution in [3.05, 3.63) is 12.3 Å². The molecule has 0 aromatic carbocycles. The summed E-state index contributed by atoms with van der Waals surface area (Å²) in [5, 5.41) is 11.5. The zero-order chi connectivity index (χ0) is 14.2. The van der Waals surface area contributed by atoms with Gasteiger partial charge in [-0.25, -0.2) is 9.59 Å².